The Morgan fingerprint density at radius 1 is 0.604 bits per heavy atom. The lowest BCUT2D eigenvalue weighted by Gasteiger charge is -2.18. The van der Waals surface area contributed by atoms with Crippen molar-refractivity contribution in [3.63, 3.8) is 0 Å². The highest BCUT2D eigenvalue weighted by Crippen LogP contribution is 2.13. The lowest BCUT2D eigenvalue weighted by molar-refractivity contribution is -0.146. The zero-order valence-corrected chi connectivity index (χ0v) is 30.1. The van der Waals surface area contributed by atoms with Gasteiger partial charge in [-0.15, -0.1) is 0 Å². The number of carbonyl (C=O) groups excluding carboxylic acids is 3. The molecule has 0 aromatic heterocycles. The third kappa shape index (κ3) is 27.4. The average Bonchev–Trinajstić information content (AvgIpc) is 3.10. The van der Waals surface area contributed by atoms with Crippen molar-refractivity contribution in [2.75, 3.05) is 46.2 Å². The molecule has 276 valence electrons. The summed E-state index contributed by atoms with van der Waals surface area (Å²) in [5.41, 5.74) is 3.27. The second-order valence-electron chi connectivity index (χ2n) is 12.3. The van der Waals surface area contributed by atoms with Crippen molar-refractivity contribution in [2.45, 2.75) is 142 Å². The quantitative estimate of drug-likeness (QED) is 0.0440. The van der Waals surface area contributed by atoms with Gasteiger partial charge in [-0.25, -0.2) is 5.48 Å². The largest absolute Gasteiger partial charge is 0.461 e. The normalized spacial score (nSPS) is 11.7. The summed E-state index contributed by atoms with van der Waals surface area (Å²) in [6.45, 7) is 7.60. The van der Waals surface area contributed by atoms with E-state index < -0.39 is 17.9 Å². The average molecular weight is 679 g/mol. The smallest absolute Gasteiger partial charge is 0.306 e. The molecule has 2 N–H and O–H groups in total. The molecule has 0 saturated carbocycles. The zero-order valence-electron chi connectivity index (χ0n) is 30.1. The lowest BCUT2D eigenvalue weighted by atomic mass is 10.0. The molecular weight excluding hydrogens is 612 g/mol. The summed E-state index contributed by atoms with van der Waals surface area (Å²) in [4.78, 5) is 43.3. The summed E-state index contributed by atoms with van der Waals surface area (Å²) in [5.74, 6) is -1.17. The molecule has 10 nitrogen and oxygen atoms in total. The van der Waals surface area contributed by atoms with Gasteiger partial charge >= 0.3 is 5.97 Å². The SMILES string of the molecule is CCCCCCCCCCCCCCCC(=O)NC(CCC(=O)OCc1ccccc1)C(=O)NOCCOCCOCCOCCCC. The van der Waals surface area contributed by atoms with Crippen LogP contribution in [0.25, 0.3) is 0 Å². The van der Waals surface area contributed by atoms with Crippen LogP contribution in [0.2, 0.25) is 0 Å². The van der Waals surface area contributed by atoms with Gasteiger partial charge in [0.2, 0.25) is 5.91 Å². The van der Waals surface area contributed by atoms with Gasteiger partial charge in [-0.1, -0.05) is 128 Å². The topological polar surface area (TPSA) is 121 Å². The number of ether oxygens (including phenoxy) is 4. The van der Waals surface area contributed by atoms with Crippen LogP contribution in [0.15, 0.2) is 30.3 Å². The summed E-state index contributed by atoms with van der Waals surface area (Å²) in [6.07, 6.45) is 18.6. The van der Waals surface area contributed by atoms with Crippen molar-refractivity contribution < 1.29 is 38.2 Å². The van der Waals surface area contributed by atoms with Crippen molar-refractivity contribution in [1.29, 1.82) is 0 Å². The molecule has 0 heterocycles. The van der Waals surface area contributed by atoms with Crippen LogP contribution in [0.3, 0.4) is 0 Å². The molecule has 0 aliphatic rings. The predicted molar refractivity (Wildman–Crippen MR) is 189 cm³/mol. The minimum atomic E-state index is -0.919. The molecule has 0 spiro atoms. The standard InChI is InChI=1S/C38H66N2O8/c1-3-5-7-8-9-10-11-12-13-14-15-16-20-23-36(41)39-35(24-25-37(42)47-33-34-21-18-17-19-22-34)38(43)40-48-32-31-46-30-29-45-28-27-44-26-6-4-2/h17-19,21-22,35H,3-16,20,23-33H2,1-2H3,(H,39,41)(H,40,43). The van der Waals surface area contributed by atoms with E-state index in [0.29, 0.717) is 32.8 Å². The molecule has 1 atom stereocenters. The van der Waals surface area contributed by atoms with Gasteiger partial charge < -0.3 is 24.3 Å². The number of nitrogens with one attached hydrogen (secondary N) is 2. The summed E-state index contributed by atoms with van der Waals surface area (Å²) in [5, 5.41) is 2.79. The minimum absolute atomic E-state index is 0.0172. The first-order chi connectivity index (χ1) is 23.6. The van der Waals surface area contributed by atoms with Crippen LogP contribution in [0, 0.1) is 0 Å². The predicted octanol–water partition coefficient (Wildman–Crippen LogP) is 7.37. The van der Waals surface area contributed by atoms with E-state index in [2.05, 4.69) is 24.6 Å². The van der Waals surface area contributed by atoms with E-state index in [4.69, 9.17) is 23.8 Å². The second-order valence-corrected chi connectivity index (χ2v) is 12.3. The second kappa shape index (κ2) is 33.0. The summed E-state index contributed by atoms with van der Waals surface area (Å²) < 4.78 is 21.7. The first-order valence-corrected chi connectivity index (χ1v) is 18.7. The van der Waals surface area contributed by atoms with E-state index in [1.54, 1.807) is 0 Å². The van der Waals surface area contributed by atoms with Gasteiger partial charge in [-0.05, 0) is 24.8 Å². The Bertz CT molecular complexity index is 902. The molecule has 0 aliphatic heterocycles. The Morgan fingerprint density at radius 2 is 1.12 bits per heavy atom. The van der Waals surface area contributed by atoms with Crippen molar-refractivity contribution in [2.24, 2.45) is 0 Å². The van der Waals surface area contributed by atoms with Crippen LogP contribution in [0.4, 0.5) is 0 Å². The van der Waals surface area contributed by atoms with Gasteiger partial charge in [0.1, 0.15) is 12.6 Å². The van der Waals surface area contributed by atoms with Gasteiger partial charge in [-0.3, -0.25) is 19.2 Å². The van der Waals surface area contributed by atoms with Crippen molar-refractivity contribution in [1.82, 2.24) is 10.8 Å². The minimum Gasteiger partial charge on any atom is -0.461 e. The molecule has 48 heavy (non-hydrogen) atoms. The Hall–Kier alpha value is -2.53. The van der Waals surface area contributed by atoms with Crippen molar-refractivity contribution >= 4 is 17.8 Å². The summed E-state index contributed by atoms with van der Waals surface area (Å²) in [6, 6.07) is 8.47. The van der Waals surface area contributed by atoms with Crippen molar-refractivity contribution in [3.05, 3.63) is 35.9 Å². The fraction of sp³-hybridized carbons (Fsp3) is 0.763. The number of amides is 2. The van der Waals surface area contributed by atoms with E-state index >= 15 is 0 Å². The van der Waals surface area contributed by atoms with Gasteiger partial charge in [0.05, 0.1) is 39.6 Å². The maximum absolute atomic E-state index is 12.9. The number of benzene rings is 1. The lowest BCUT2D eigenvalue weighted by Crippen LogP contribution is -2.47. The maximum atomic E-state index is 12.9. The molecular formula is C38H66N2O8. The molecule has 10 heteroatoms. The molecule has 0 aliphatic carbocycles. The van der Waals surface area contributed by atoms with E-state index in [1.807, 2.05) is 30.3 Å². The molecule has 0 bridgehead atoms. The van der Waals surface area contributed by atoms with E-state index in [1.165, 1.54) is 64.2 Å². The third-order valence-electron chi connectivity index (χ3n) is 7.93. The van der Waals surface area contributed by atoms with Crippen molar-refractivity contribution in [3.8, 4) is 0 Å². The summed E-state index contributed by atoms with van der Waals surface area (Å²) in [7, 11) is 0. The number of carbonyl (C=O) groups is 3. The highest BCUT2D eigenvalue weighted by molar-refractivity contribution is 5.87. The van der Waals surface area contributed by atoms with Crippen LogP contribution >= 0.6 is 0 Å². The Labute approximate surface area is 290 Å². The van der Waals surface area contributed by atoms with Crippen LogP contribution in [-0.4, -0.2) is 70.1 Å². The first kappa shape index (κ1) is 43.5. The Morgan fingerprint density at radius 3 is 1.71 bits per heavy atom. The number of hydrogen-bond donors (Lipinski definition) is 2. The molecule has 1 rings (SSSR count). The number of rotatable bonds is 34. The fourth-order valence-electron chi connectivity index (χ4n) is 4.99. The molecule has 1 aromatic rings. The zero-order chi connectivity index (χ0) is 34.8. The first-order valence-electron chi connectivity index (χ1n) is 18.7. The van der Waals surface area contributed by atoms with Gasteiger partial charge in [0.15, 0.2) is 0 Å². The highest BCUT2D eigenvalue weighted by Gasteiger charge is 2.22. The molecule has 0 radical (unpaired) electrons. The number of unbranched alkanes of at least 4 members (excludes halogenated alkanes) is 13. The number of hydroxylamine groups is 1. The number of hydrogen-bond acceptors (Lipinski definition) is 8. The molecule has 0 saturated heterocycles. The van der Waals surface area contributed by atoms with Crippen LogP contribution in [-0.2, 0) is 44.8 Å². The van der Waals surface area contributed by atoms with Gasteiger partial charge in [0, 0.05) is 19.4 Å². The number of esters is 1. The third-order valence-corrected chi connectivity index (χ3v) is 7.93. The molecule has 2 amide bonds. The fourth-order valence-corrected chi connectivity index (χ4v) is 4.99. The maximum Gasteiger partial charge on any atom is 0.306 e. The Balaban J connectivity index is 2.29. The highest BCUT2D eigenvalue weighted by atomic mass is 16.7. The Kier molecular flexibility index (Phi) is 29.9. The molecule has 0 fully saturated rings. The summed E-state index contributed by atoms with van der Waals surface area (Å²) >= 11 is 0. The van der Waals surface area contributed by atoms with E-state index in [-0.39, 0.29) is 38.6 Å². The van der Waals surface area contributed by atoms with E-state index in [0.717, 1.165) is 44.3 Å². The van der Waals surface area contributed by atoms with Crippen LogP contribution in [0.1, 0.15) is 135 Å². The molecule has 1 unspecified atom stereocenters. The van der Waals surface area contributed by atoms with Crippen LogP contribution in [0.5, 0.6) is 0 Å². The van der Waals surface area contributed by atoms with E-state index in [9.17, 15) is 14.4 Å². The monoisotopic (exact) mass is 678 g/mol. The van der Waals surface area contributed by atoms with Gasteiger partial charge in [-0.2, -0.15) is 0 Å². The van der Waals surface area contributed by atoms with Crippen LogP contribution < -0.4 is 10.8 Å². The van der Waals surface area contributed by atoms with Gasteiger partial charge in [0.25, 0.3) is 5.91 Å². The molecule has 1 aromatic carbocycles.